The molecule has 4 nitrogen and oxygen atoms in total. The van der Waals surface area contributed by atoms with Crippen molar-refractivity contribution in [2.24, 2.45) is 0 Å². The summed E-state index contributed by atoms with van der Waals surface area (Å²) >= 11 is 3.48. The number of ether oxygens (including phenoxy) is 1. The number of halogens is 1. The van der Waals surface area contributed by atoms with Crippen LogP contribution in [0.4, 0.5) is 0 Å². The number of pyridine rings is 1. The minimum Gasteiger partial charge on any atom is -0.486 e. The summed E-state index contributed by atoms with van der Waals surface area (Å²) in [6.07, 6.45) is 4.92. The average molecular weight is 316 g/mol. The van der Waals surface area contributed by atoms with Gasteiger partial charge >= 0.3 is 0 Å². The Labute approximate surface area is 118 Å². The lowest BCUT2D eigenvalue weighted by molar-refractivity contribution is 0.300. The predicted octanol–water partition coefficient (Wildman–Crippen LogP) is 3.37. The number of rotatable bonds is 3. The lowest BCUT2D eigenvalue weighted by atomic mass is 10.2. The number of hydrogen-bond acceptors (Lipinski definition) is 4. The summed E-state index contributed by atoms with van der Waals surface area (Å²) in [7, 11) is 0. The van der Waals surface area contributed by atoms with Gasteiger partial charge in [0.15, 0.2) is 0 Å². The van der Waals surface area contributed by atoms with Crippen molar-refractivity contribution in [3.05, 3.63) is 59.2 Å². The van der Waals surface area contributed by atoms with E-state index in [2.05, 4.69) is 30.9 Å². The van der Waals surface area contributed by atoms with Gasteiger partial charge in [0.05, 0.1) is 17.4 Å². The Morgan fingerprint density at radius 1 is 1.16 bits per heavy atom. The number of nitrogens with zero attached hydrogens (tertiary/aromatic N) is 3. The average Bonchev–Trinajstić information content (AvgIpc) is 2.46. The van der Waals surface area contributed by atoms with E-state index in [4.69, 9.17) is 4.74 Å². The Morgan fingerprint density at radius 2 is 2.11 bits per heavy atom. The lowest BCUT2D eigenvalue weighted by Crippen LogP contribution is -1.98. The molecule has 0 fully saturated rings. The Morgan fingerprint density at radius 3 is 2.95 bits per heavy atom. The quantitative estimate of drug-likeness (QED) is 0.743. The van der Waals surface area contributed by atoms with Gasteiger partial charge in [0.2, 0.25) is 0 Å². The van der Waals surface area contributed by atoms with Crippen molar-refractivity contribution in [3.8, 4) is 5.75 Å². The molecule has 19 heavy (non-hydrogen) atoms. The summed E-state index contributed by atoms with van der Waals surface area (Å²) < 4.78 is 6.65. The van der Waals surface area contributed by atoms with E-state index in [1.165, 1.54) is 6.33 Å². The molecule has 0 bridgehead atoms. The first kappa shape index (κ1) is 12.0. The van der Waals surface area contributed by atoms with Crippen LogP contribution in [-0.2, 0) is 6.61 Å². The zero-order valence-corrected chi connectivity index (χ0v) is 11.5. The standard InChI is InChI=1S/C14H10BrN3O/c15-13-3-1-2-10-6-12(7-17-14(10)13)19-8-11-4-5-16-9-18-11/h1-7,9H,8H2. The van der Waals surface area contributed by atoms with Crippen molar-refractivity contribution in [2.75, 3.05) is 0 Å². The molecular weight excluding hydrogens is 306 g/mol. The molecule has 0 atom stereocenters. The highest BCUT2D eigenvalue weighted by Gasteiger charge is 2.02. The molecule has 0 unspecified atom stereocenters. The molecule has 1 aromatic carbocycles. The van der Waals surface area contributed by atoms with Gasteiger partial charge in [-0.3, -0.25) is 4.98 Å². The van der Waals surface area contributed by atoms with E-state index >= 15 is 0 Å². The van der Waals surface area contributed by atoms with E-state index in [1.807, 2.05) is 30.3 Å². The molecule has 0 aliphatic carbocycles. The third-order valence-corrected chi connectivity index (χ3v) is 3.31. The van der Waals surface area contributed by atoms with Gasteiger partial charge in [0, 0.05) is 16.1 Å². The number of para-hydroxylation sites is 1. The van der Waals surface area contributed by atoms with E-state index in [0.29, 0.717) is 6.61 Å². The van der Waals surface area contributed by atoms with E-state index in [1.54, 1.807) is 12.4 Å². The maximum atomic E-state index is 5.67. The van der Waals surface area contributed by atoms with Crippen LogP contribution < -0.4 is 4.74 Å². The van der Waals surface area contributed by atoms with Crippen LogP contribution in [0, 0.1) is 0 Å². The largest absolute Gasteiger partial charge is 0.486 e. The van der Waals surface area contributed by atoms with Gasteiger partial charge in [0.1, 0.15) is 18.7 Å². The SMILES string of the molecule is Brc1cccc2cc(OCc3ccncn3)cnc12. The van der Waals surface area contributed by atoms with Gasteiger partial charge in [0.25, 0.3) is 0 Å². The Bertz CT molecular complexity index is 703. The number of aromatic nitrogens is 3. The van der Waals surface area contributed by atoms with Crippen LogP contribution >= 0.6 is 15.9 Å². The number of benzene rings is 1. The van der Waals surface area contributed by atoms with Crippen LogP contribution in [0.15, 0.2) is 53.5 Å². The molecule has 94 valence electrons. The van der Waals surface area contributed by atoms with Crippen LogP contribution in [0.25, 0.3) is 10.9 Å². The minimum absolute atomic E-state index is 0.406. The Kier molecular flexibility index (Phi) is 3.37. The van der Waals surface area contributed by atoms with Crippen LogP contribution in [0.3, 0.4) is 0 Å². The molecule has 0 aliphatic rings. The normalized spacial score (nSPS) is 10.6. The Hall–Kier alpha value is -2.01. The summed E-state index contributed by atoms with van der Waals surface area (Å²) in [6.45, 7) is 0.406. The molecular formula is C14H10BrN3O. The van der Waals surface area contributed by atoms with Crippen LogP contribution in [0.2, 0.25) is 0 Å². The summed E-state index contributed by atoms with van der Waals surface area (Å²) in [6, 6.07) is 9.74. The van der Waals surface area contributed by atoms with Gasteiger partial charge in [-0.1, -0.05) is 12.1 Å². The molecule has 3 aromatic rings. The van der Waals surface area contributed by atoms with Crippen molar-refractivity contribution in [1.29, 1.82) is 0 Å². The summed E-state index contributed by atoms with van der Waals surface area (Å²) in [5.74, 6) is 0.726. The van der Waals surface area contributed by atoms with E-state index in [-0.39, 0.29) is 0 Å². The fraction of sp³-hybridized carbons (Fsp3) is 0.0714. The van der Waals surface area contributed by atoms with Crippen molar-refractivity contribution in [1.82, 2.24) is 15.0 Å². The minimum atomic E-state index is 0.406. The second-order valence-corrected chi connectivity index (χ2v) is 4.83. The zero-order chi connectivity index (χ0) is 13.1. The third-order valence-electron chi connectivity index (χ3n) is 2.67. The van der Waals surface area contributed by atoms with Crippen molar-refractivity contribution < 1.29 is 4.74 Å². The smallest absolute Gasteiger partial charge is 0.138 e. The van der Waals surface area contributed by atoms with E-state index in [0.717, 1.165) is 26.8 Å². The molecule has 0 amide bonds. The van der Waals surface area contributed by atoms with Gasteiger partial charge in [-0.05, 0) is 34.1 Å². The van der Waals surface area contributed by atoms with Gasteiger partial charge in [-0.15, -0.1) is 0 Å². The molecule has 2 heterocycles. The fourth-order valence-corrected chi connectivity index (χ4v) is 2.23. The topological polar surface area (TPSA) is 47.9 Å². The number of hydrogen-bond donors (Lipinski definition) is 0. The molecule has 0 aliphatic heterocycles. The van der Waals surface area contributed by atoms with Crippen LogP contribution in [0.1, 0.15) is 5.69 Å². The molecule has 0 spiro atoms. The van der Waals surface area contributed by atoms with E-state index < -0.39 is 0 Å². The van der Waals surface area contributed by atoms with Crippen molar-refractivity contribution in [3.63, 3.8) is 0 Å². The highest BCUT2D eigenvalue weighted by molar-refractivity contribution is 9.10. The first-order chi connectivity index (χ1) is 9.33. The highest BCUT2D eigenvalue weighted by atomic mass is 79.9. The Balaban J connectivity index is 1.82. The molecule has 0 radical (unpaired) electrons. The van der Waals surface area contributed by atoms with Gasteiger partial charge in [-0.2, -0.15) is 0 Å². The number of fused-ring (bicyclic) bond motifs is 1. The predicted molar refractivity (Wildman–Crippen MR) is 75.8 cm³/mol. The molecule has 0 N–H and O–H groups in total. The van der Waals surface area contributed by atoms with Gasteiger partial charge in [-0.25, -0.2) is 9.97 Å². The molecule has 5 heteroatoms. The molecule has 0 saturated heterocycles. The highest BCUT2D eigenvalue weighted by Crippen LogP contribution is 2.24. The van der Waals surface area contributed by atoms with E-state index in [9.17, 15) is 0 Å². The summed E-state index contributed by atoms with van der Waals surface area (Å²) in [5.41, 5.74) is 1.77. The van der Waals surface area contributed by atoms with Crippen molar-refractivity contribution in [2.45, 2.75) is 6.61 Å². The fourth-order valence-electron chi connectivity index (χ4n) is 1.74. The lowest BCUT2D eigenvalue weighted by Gasteiger charge is -2.06. The molecule has 2 aromatic heterocycles. The molecule has 3 rings (SSSR count). The van der Waals surface area contributed by atoms with Crippen molar-refractivity contribution >= 4 is 26.8 Å². The first-order valence-electron chi connectivity index (χ1n) is 5.75. The molecule has 0 saturated carbocycles. The maximum Gasteiger partial charge on any atom is 0.138 e. The second-order valence-electron chi connectivity index (χ2n) is 3.97. The summed E-state index contributed by atoms with van der Waals surface area (Å²) in [5, 5.41) is 1.04. The second kappa shape index (κ2) is 5.32. The van der Waals surface area contributed by atoms with Gasteiger partial charge < -0.3 is 4.74 Å². The first-order valence-corrected chi connectivity index (χ1v) is 6.54. The van der Waals surface area contributed by atoms with Crippen LogP contribution in [-0.4, -0.2) is 15.0 Å². The third kappa shape index (κ3) is 2.71. The summed E-state index contributed by atoms with van der Waals surface area (Å²) in [4.78, 5) is 12.4. The van der Waals surface area contributed by atoms with Crippen LogP contribution in [0.5, 0.6) is 5.75 Å². The zero-order valence-electron chi connectivity index (χ0n) is 9.95. The monoisotopic (exact) mass is 315 g/mol. The maximum absolute atomic E-state index is 5.67.